The first-order valence-electron chi connectivity index (χ1n) is 11.0. The Bertz CT molecular complexity index is 723. The van der Waals surface area contributed by atoms with Gasteiger partial charge in [0.2, 0.25) is 5.91 Å². The fraction of sp³-hybridized carbons (Fsp3) is 0.652. The molecule has 1 aromatic heterocycles. The lowest BCUT2D eigenvalue weighted by Crippen LogP contribution is -2.51. The molecule has 0 bridgehead atoms. The third-order valence-electron chi connectivity index (χ3n) is 6.34. The van der Waals surface area contributed by atoms with E-state index in [9.17, 15) is 9.59 Å². The van der Waals surface area contributed by atoms with Gasteiger partial charge in [0.05, 0.1) is 13.1 Å². The van der Waals surface area contributed by atoms with E-state index in [0.717, 1.165) is 75.6 Å². The monoisotopic (exact) mass is 400 g/mol. The minimum absolute atomic E-state index is 0.183. The van der Waals surface area contributed by atoms with Crippen molar-refractivity contribution < 1.29 is 9.59 Å². The van der Waals surface area contributed by atoms with E-state index in [4.69, 9.17) is 0 Å². The first-order valence-corrected chi connectivity index (χ1v) is 11.0. The first-order chi connectivity index (χ1) is 14.0. The minimum atomic E-state index is 0.183. The van der Waals surface area contributed by atoms with Gasteiger partial charge in [-0.3, -0.25) is 19.4 Å². The topological polar surface area (TPSA) is 48.8 Å². The molecule has 0 atom stereocenters. The summed E-state index contributed by atoms with van der Waals surface area (Å²) in [7, 11) is 0. The number of aromatic nitrogens is 1. The number of aryl methyl sites for hydroxylation is 1. The summed E-state index contributed by atoms with van der Waals surface area (Å²) in [6.07, 6.45) is 6.61. The first kappa shape index (κ1) is 21.8. The summed E-state index contributed by atoms with van der Waals surface area (Å²) in [6, 6.07) is 2.00. The molecule has 1 amide bonds. The number of hydrogen-bond donors (Lipinski definition) is 0. The molecule has 6 heteroatoms. The number of ketones is 1. The normalized spacial score (nSPS) is 19.2. The highest BCUT2D eigenvalue weighted by molar-refractivity contribution is 5.99. The highest BCUT2D eigenvalue weighted by Gasteiger charge is 2.24. The Morgan fingerprint density at radius 3 is 2.10 bits per heavy atom. The summed E-state index contributed by atoms with van der Waals surface area (Å²) in [5.41, 5.74) is 2.94. The molecule has 0 aromatic carbocycles. The molecular formula is C23H36N4O2. The standard InChI is InChI=1S/C23H36N4O2/c1-4-9-27-19(2)16-21(20(27)3)22(28)17-24-12-14-25(15-13-24)18-23(29)26-10-7-5-6-8-11-26/h4,16H,1,5-15,17-18H2,2-3H3. The van der Waals surface area contributed by atoms with Gasteiger partial charge in [-0.2, -0.15) is 0 Å². The van der Waals surface area contributed by atoms with E-state index < -0.39 is 0 Å². The van der Waals surface area contributed by atoms with Crippen LogP contribution in [0.2, 0.25) is 0 Å². The maximum absolute atomic E-state index is 12.8. The molecular weight excluding hydrogens is 364 g/mol. The summed E-state index contributed by atoms with van der Waals surface area (Å²) < 4.78 is 2.13. The molecule has 0 spiro atoms. The van der Waals surface area contributed by atoms with Crippen molar-refractivity contribution >= 4 is 11.7 Å². The van der Waals surface area contributed by atoms with Gasteiger partial charge in [0.15, 0.2) is 5.78 Å². The van der Waals surface area contributed by atoms with Crippen LogP contribution < -0.4 is 0 Å². The molecule has 0 radical (unpaired) electrons. The van der Waals surface area contributed by atoms with Gasteiger partial charge in [0.1, 0.15) is 0 Å². The van der Waals surface area contributed by atoms with Crippen molar-refractivity contribution in [1.29, 1.82) is 0 Å². The lowest BCUT2D eigenvalue weighted by molar-refractivity contribution is -0.132. The van der Waals surface area contributed by atoms with Gasteiger partial charge in [-0.25, -0.2) is 0 Å². The number of amides is 1. The van der Waals surface area contributed by atoms with Crippen LogP contribution in [0.4, 0.5) is 0 Å². The zero-order valence-electron chi connectivity index (χ0n) is 18.2. The SMILES string of the molecule is C=CCn1c(C)cc(C(=O)CN2CCN(CC(=O)N3CCCCCC3)CC2)c1C. The number of piperazine rings is 1. The summed E-state index contributed by atoms with van der Waals surface area (Å²) >= 11 is 0. The number of nitrogens with zero attached hydrogens (tertiary/aromatic N) is 4. The van der Waals surface area contributed by atoms with Crippen LogP contribution in [0, 0.1) is 13.8 Å². The zero-order valence-corrected chi connectivity index (χ0v) is 18.2. The van der Waals surface area contributed by atoms with E-state index in [1.165, 1.54) is 12.8 Å². The molecule has 0 unspecified atom stereocenters. The Kier molecular flexibility index (Phi) is 7.67. The van der Waals surface area contributed by atoms with Crippen molar-refractivity contribution in [1.82, 2.24) is 19.3 Å². The second-order valence-corrected chi connectivity index (χ2v) is 8.45. The number of carbonyl (C=O) groups excluding carboxylic acids is 2. The van der Waals surface area contributed by atoms with Crippen LogP contribution in [0.25, 0.3) is 0 Å². The van der Waals surface area contributed by atoms with E-state index in [1.54, 1.807) is 0 Å². The van der Waals surface area contributed by atoms with Crippen LogP contribution in [0.3, 0.4) is 0 Å². The third kappa shape index (κ3) is 5.58. The van der Waals surface area contributed by atoms with Crippen LogP contribution in [0.1, 0.15) is 47.4 Å². The molecule has 160 valence electrons. The van der Waals surface area contributed by atoms with Crippen LogP contribution in [0.15, 0.2) is 18.7 Å². The predicted octanol–water partition coefficient (Wildman–Crippen LogP) is 2.49. The van der Waals surface area contributed by atoms with Gasteiger partial charge in [-0.05, 0) is 32.8 Å². The summed E-state index contributed by atoms with van der Waals surface area (Å²) in [5, 5.41) is 0. The number of allylic oxidation sites excluding steroid dienone is 1. The molecule has 0 N–H and O–H groups in total. The molecule has 2 aliphatic heterocycles. The van der Waals surface area contributed by atoms with Crippen LogP contribution >= 0.6 is 0 Å². The second-order valence-electron chi connectivity index (χ2n) is 8.45. The highest BCUT2D eigenvalue weighted by atomic mass is 16.2. The number of carbonyl (C=O) groups is 2. The molecule has 6 nitrogen and oxygen atoms in total. The van der Waals surface area contributed by atoms with Crippen molar-refractivity contribution in [3.05, 3.63) is 35.7 Å². The van der Waals surface area contributed by atoms with Gasteiger partial charge in [0, 0.05) is 62.8 Å². The molecule has 2 aliphatic rings. The second kappa shape index (κ2) is 10.2. The van der Waals surface area contributed by atoms with E-state index >= 15 is 0 Å². The zero-order chi connectivity index (χ0) is 20.8. The van der Waals surface area contributed by atoms with Crippen LogP contribution in [-0.2, 0) is 11.3 Å². The van der Waals surface area contributed by atoms with E-state index in [1.807, 2.05) is 30.9 Å². The van der Waals surface area contributed by atoms with E-state index in [2.05, 4.69) is 20.9 Å². The molecule has 0 aliphatic carbocycles. The molecule has 1 aromatic rings. The minimum Gasteiger partial charge on any atom is -0.345 e. The Labute approximate surface area is 175 Å². The van der Waals surface area contributed by atoms with Gasteiger partial charge < -0.3 is 9.47 Å². The molecule has 3 rings (SSSR count). The maximum Gasteiger partial charge on any atom is 0.236 e. The number of Topliss-reactive ketones (excluding diaryl/α,β-unsaturated/α-hetero) is 1. The Balaban J connectivity index is 1.47. The van der Waals surface area contributed by atoms with Crippen LogP contribution in [0.5, 0.6) is 0 Å². The summed E-state index contributed by atoms with van der Waals surface area (Å²) in [5.74, 6) is 0.452. The number of hydrogen-bond acceptors (Lipinski definition) is 4. The van der Waals surface area contributed by atoms with Crippen molar-refractivity contribution in [2.45, 2.75) is 46.1 Å². The Morgan fingerprint density at radius 2 is 1.52 bits per heavy atom. The van der Waals surface area contributed by atoms with Gasteiger partial charge in [0.25, 0.3) is 0 Å². The smallest absolute Gasteiger partial charge is 0.236 e. The average Bonchev–Trinajstić information content (AvgIpc) is 2.90. The maximum atomic E-state index is 12.8. The predicted molar refractivity (Wildman–Crippen MR) is 116 cm³/mol. The Morgan fingerprint density at radius 1 is 0.931 bits per heavy atom. The number of likely N-dealkylation sites (tertiary alicyclic amines) is 1. The van der Waals surface area contributed by atoms with Crippen molar-refractivity contribution in [3.8, 4) is 0 Å². The molecule has 3 heterocycles. The van der Waals surface area contributed by atoms with Crippen molar-refractivity contribution in [2.24, 2.45) is 0 Å². The fourth-order valence-corrected chi connectivity index (χ4v) is 4.50. The van der Waals surface area contributed by atoms with E-state index in [-0.39, 0.29) is 11.7 Å². The molecule has 0 saturated carbocycles. The number of rotatable bonds is 7. The van der Waals surface area contributed by atoms with Gasteiger partial charge in [-0.1, -0.05) is 18.9 Å². The Hall–Kier alpha value is -1.92. The van der Waals surface area contributed by atoms with Crippen LogP contribution in [-0.4, -0.2) is 83.3 Å². The largest absolute Gasteiger partial charge is 0.345 e. The van der Waals surface area contributed by atoms with Crippen molar-refractivity contribution in [3.63, 3.8) is 0 Å². The summed E-state index contributed by atoms with van der Waals surface area (Å²) in [6.45, 7) is 14.8. The third-order valence-corrected chi connectivity index (χ3v) is 6.34. The quantitative estimate of drug-likeness (QED) is 0.521. The lowest BCUT2D eigenvalue weighted by Gasteiger charge is -2.35. The molecule has 2 saturated heterocycles. The van der Waals surface area contributed by atoms with Gasteiger partial charge in [-0.15, -0.1) is 6.58 Å². The highest BCUT2D eigenvalue weighted by Crippen LogP contribution is 2.17. The van der Waals surface area contributed by atoms with Crippen molar-refractivity contribution in [2.75, 3.05) is 52.4 Å². The lowest BCUT2D eigenvalue weighted by atomic mass is 10.1. The summed E-state index contributed by atoms with van der Waals surface area (Å²) in [4.78, 5) is 31.9. The van der Waals surface area contributed by atoms with E-state index in [0.29, 0.717) is 13.1 Å². The molecule has 2 fully saturated rings. The van der Waals surface area contributed by atoms with Gasteiger partial charge >= 0.3 is 0 Å². The molecule has 29 heavy (non-hydrogen) atoms. The fourth-order valence-electron chi connectivity index (χ4n) is 4.50. The average molecular weight is 401 g/mol.